The number of carbonyl (C=O) groups excluding carboxylic acids is 1. The van der Waals surface area contributed by atoms with Gasteiger partial charge in [-0.3, -0.25) is 4.79 Å². The molecule has 0 amide bonds. The average molecular weight is 314 g/mol. The fourth-order valence-corrected chi connectivity index (χ4v) is 3.29. The van der Waals surface area contributed by atoms with Crippen LogP contribution in [0.15, 0.2) is 54.6 Å². The molecule has 1 N–H and O–H groups in total. The van der Waals surface area contributed by atoms with Gasteiger partial charge in [-0.15, -0.1) is 0 Å². The fourth-order valence-electron chi connectivity index (χ4n) is 3.16. The van der Waals surface area contributed by atoms with Crippen LogP contribution >= 0.6 is 11.6 Å². The molecule has 2 nitrogen and oxygen atoms in total. The maximum Gasteiger partial charge on any atom is 0.138 e. The van der Waals surface area contributed by atoms with E-state index in [1.54, 1.807) is 0 Å². The number of benzene rings is 2. The topological polar surface area (TPSA) is 29.1 Å². The monoisotopic (exact) mass is 313 g/mol. The summed E-state index contributed by atoms with van der Waals surface area (Å²) < 4.78 is 0. The largest absolute Gasteiger partial charge is 0.378 e. The summed E-state index contributed by atoms with van der Waals surface area (Å²) in [6.07, 6.45) is 3.81. The molecule has 0 unspecified atom stereocenters. The van der Waals surface area contributed by atoms with Gasteiger partial charge in [-0.05, 0) is 42.7 Å². The van der Waals surface area contributed by atoms with E-state index >= 15 is 0 Å². The summed E-state index contributed by atoms with van der Waals surface area (Å²) >= 11 is 5.96. The van der Waals surface area contributed by atoms with Crippen molar-refractivity contribution < 1.29 is 4.79 Å². The third kappa shape index (κ3) is 3.50. The Balaban J connectivity index is 1.88. The Morgan fingerprint density at radius 2 is 1.73 bits per heavy atom. The van der Waals surface area contributed by atoms with Crippen LogP contribution in [0.1, 0.15) is 37.3 Å². The minimum Gasteiger partial charge on any atom is -0.378 e. The van der Waals surface area contributed by atoms with Gasteiger partial charge in [-0.25, -0.2) is 0 Å². The lowest BCUT2D eigenvalue weighted by Crippen LogP contribution is -2.30. The number of hydrogen-bond donors (Lipinski definition) is 1. The Hall–Kier alpha value is -1.80. The highest BCUT2D eigenvalue weighted by Crippen LogP contribution is 2.35. The summed E-state index contributed by atoms with van der Waals surface area (Å²) in [6.45, 7) is 0. The second-order valence-corrected chi connectivity index (χ2v) is 6.29. The molecular weight excluding hydrogens is 294 g/mol. The number of carbonyl (C=O) groups is 1. The van der Waals surface area contributed by atoms with Crippen molar-refractivity contribution >= 4 is 23.1 Å². The Labute approximate surface area is 136 Å². The van der Waals surface area contributed by atoms with Crippen molar-refractivity contribution in [1.82, 2.24) is 0 Å². The fraction of sp³-hybridized carbons (Fsp3) is 0.316. The second kappa shape index (κ2) is 6.97. The quantitative estimate of drug-likeness (QED) is 0.835. The number of Topliss-reactive ketones (excluding diaryl/α,β-unsaturated/α-hetero) is 1. The first-order valence-corrected chi connectivity index (χ1v) is 8.21. The molecule has 0 aromatic heterocycles. The van der Waals surface area contributed by atoms with Gasteiger partial charge < -0.3 is 5.32 Å². The van der Waals surface area contributed by atoms with E-state index in [2.05, 4.69) is 17.4 Å². The predicted molar refractivity (Wildman–Crippen MR) is 91.2 cm³/mol. The number of rotatable bonds is 4. The van der Waals surface area contributed by atoms with Crippen LogP contribution < -0.4 is 5.32 Å². The zero-order chi connectivity index (χ0) is 15.4. The molecule has 1 aliphatic carbocycles. The summed E-state index contributed by atoms with van der Waals surface area (Å²) in [4.78, 5) is 12.4. The normalized spacial score (nSPS) is 19.7. The SMILES string of the molecule is O=C1CCCC[C@@H]1[C@H](Nc1ccc(Cl)cc1)c1ccccc1. The van der Waals surface area contributed by atoms with Gasteiger partial charge in [0.1, 0.15) is 5.78 Å². The molecule has 1 fully saturated rings. The minimum atomic E-state index is 0.0233. The van der Waals surface area contributed by atoms with Gasteiger partial charge in [-0.1, -0.05) is 48.4 Å². The molecule has 3 heteroatoms. The van der Waals surface area contributed by atoms with Crippen molar-refractivity contribution in [3.8, 4) is 0 Å². The molecule has 0 bridgehead atoms. The molecule has 22 heavy (non-hydrogen) atoms. The van der Waals surface area contributed by atoms with Gasteiger partial charge in [0.2, 0.25) is 0 Å². The highest BCUT2D eigenvalue weighted by molar-refractivity contribution is 6.30. The molecule has 0 heterocycles. The molecule has 2 aromatic rings. The van der Waals surface area contributed by atoms with Crippen molar-refractivity contribution in [1.29, 1.82) is 0 Å². The third-order valence-electron chi connectivity index (χ3n) is 4.33. The van der Waals surface area contributed by atoms with Crippen LogP contribution in [-0.2, 0) is 4.79 Å². The molecule has 0 spiro atoms. The number of nitrogens with one attached hydrogen (secondary N) is 1. The van der Waals surface area contributed by atoms with Crippen LogP contribution in [0.2, 0.25) is 5.02 Å². The maximum atomic E-state index is 12.4. The van der Waals surface area contributed by atoms with Crippen molar-refractivity contribution in [3.63, 3.8) is 0 Å². The summed E-state index contributed by atoms with van der Waals surface area (Å²) in [5, 5.41) is 4.26. The summed E-state index contributed by atoms with van der Waals surface area (Å²) in [5.74, 6) is 0.424. The minimum absolute atomic E-state index is 0.0233. The summed E-state index contributed by atoms with van der Waals surface area (Å²) in [5.41, 5.74) is 2.16. The van der Waals surface area contributed by atoms with E-state index < -0.39 is 0 Å². The lowest BCUT2D eigenvalue weighted by Gasteiger charge is -2.31. The summed E-state index contributed by atoms with van der Waals surface area (Å²) in [7, 11) is 0. The summed E-state index contributed by atoms with van der Waals surface area (Å²) in [6, 6.07) is 17.9. The zero-order valence-corrected chi connectivity index (χ0v) is 13.2. The zero-order valence-electron chi connectivity index (χ0n) is 12.5. The van der Waals surface area contributed by atoms with E-state index in [1.165, 1.54) is 0 Å². The number of halogens is 1. The first-order valence-electron chi connectivity index (χ1n) is 7.84. The number of hydrogen-bond acceptors (Lipinski definition) is 2. The van der Waals surface area contributed by atoms with Gasteiger partial charge in [0.25, 0.3) is 0 Å². The molecule has 2 atom stereocenters. The highest BCUT2D eigenvalue weighted by atomic mass is 35.5. The number of anilines is 1. The van der Waals surface area contributed by atoms with E-state index in [1.807, 2.05) is 42.5 Å². The standard InChI is InChI=1S/C19H20ClNO/c20-15-10-12-16(13-11-15)21-19(14-6-2-1-3-7-14)17-8-4-5-9-18(17)22/h1-3,6-7,10-13,17,19,21H,4-5,8-9H2/t17-,19+/m0/s1. The number of ketones is 1. The Kier molecular flexibility index (Phi) is 4.79. The van der Waals surface area contributed by atoms with E-state index in [9.17, 15) is 4.79 Å². The Bertz CT molecular complexity index is 624. The molecule has 0 aliphatic heterocycles. The van der Waals surface area contributed by atoms with E-state index in [4.69, 9.17) is 11.6 Å². The Morgan fingerprint density at radius 3 is 2.41 bits per heavy atom. The average Bonchev–Trinajstić information content (AvgIpc) is 2.56. The highest BCUT2D eigenvalue weighted by Gasteiger charge is 2.31. The molecule has 1 aliphatic rings. The molecule has 0 saturated heterocycles. The van der Waals surface area contributed by atoms with Crippen LogP contribution in [0.3, 0.4) is 0 Å². The van der Waals surface area contributed by atoms with Crippen molar-refractivity contribution in [2.24, 2.45) is 5.92 Å². The van der Waals surface area contributed by atoms with Gasteiger partial charge >= 0.3 is 0 Å². The first kappa shape index (κ1) is 15.1. The van der Waals surface area contributed by atoms with Crippen molar-refractivity contribution in [2.45, 2.75) is 31.7 Å². The van der Waals surface area contributed by atoms with Crippen LogP contribution in [0, 0.1) is 5.92 Å². The molecule has 114 valence electrons. The molecule has 0 radical (unpaired) electrons. The molecular formula is C19H20ClNO. The van der Waals surface area contributed by atoms with Gasteiger partial charge in [-0.2, -0.15) is 0 Å². The van der Waals surface area contributed by atoms with Gasteiger partial charge in [0, 0.05) is 23.0 Å². The van der Waals surface area contributed by atoms with E-state index in [0.29, 0.717) is 12.2 Å². The molecule has 3 rings (SSSR count). The van der Waals surface area contributed by atoms with Crippen LogP contribution in [0.4, 0.5) is 5.69 Å². The van der Waals surface area contributed by atoms with E-state index in [0.717, 1.165) is 35.5 Å². The van der Waals surface area contributed by atoms with Crippen LogP contribution in [-0.4, -0.2) is 5.78 Å². The lowest BCUT2D eigenvalue weighted by atomic mass is 9.80. The first-order chi connectivity index (χ1) is 10.7. The Morgan fingerprint density at radius 1 is 1.00 bits per heavy atom. The van der Waals surface area contributed by atoms with Crippen LogP contribution in [0.5, 0.6) is 0 Å². The van der Waals surface area contributed by atoms with Crippen LogP contribution in [0.25, 0.3) is 0 Å². The van der Waals surface area contributed by atoms with E-state index in [-0.39, 0.29) is 12.0 Å². The van der Waals surface area contributed by atoms with Crippen molar-refractivity contribution in [3.05, 3.63) is 65.2 Å². The molecule has 2 aromatic carbocycles. The second-order valence-electron chi connectivity index (χ2n) is 5.86. The molecule has 1 saturated carbocycles. The van der Waals surface area contributed by atoms with Gasteiger partial charge in [0.05, 0.1) is 6.04 Å². The maximum absolute atomic E-state index is 12.4. The van der Waals surface area contributed by atoms with Crippen molar-refractivity contribution in [2.75, 3.05) is 5.32 Å². The predicted octanol–water partition coefficient (Wildman–Crippen LogP) is 5.25. The third-order valence-corrected chi connectivity index (χ3v) is 4.58. The lowest BCUT2D eigenvalue weighted by molar-refractivity contribution is -0.125. The van der Waals surface area contributed by atoms with Gasteiger partial charge in [0.15, 0.2) is 0 Å². The smallest absolute Gasteiger partial charge is 0.138 e.